The second-order valence-corrected chi connectivity index (χ2v) is 4.23. The number of aliphatic hydroxyl groups excluding tert-OH is 1. The molecule has 0 saturated carbocycles. The first kappa shape index (κ1) is 16.8. The molecule has 18 heavy (non-hydrogen) atoms. The highest BCUT2D eigenvalue weighted by molar-refractivity contribution is 6.39. The van der Waals surface area contributed by atoms with Gasteiger partial charge < -0.3 is 15.3 Å². The van der Waals surface area contributed by atoms with Crippen molar-refractivity contribution in [2.75, 3.05) is 27.2 Å². The van der Waals surface area contributed by atoms with E-state index >= 15 is 0 Å². The van der Waals surface area contributed by atoms with Crippen LogP contribution in [0.3, 0.4) is 0 Å². The van der Waals surface area contributed by atoms with Crippen molar-refractivity contribution in [2.24, 2.45) is 4.99 Å². The fraction of sp³-hybridized carbons (Fsp3) is 0.692. The molecule has 0 bridgehead atoms. The van der Waals surface area contributed by atoms with Crippen LogP contribution in [-0.2, 0) is 4.79 Å². The zero-order chi connectivity index (χ0) is 14.0. The highest BCUT2D eigenvalue weighted by Crippen LogP contribution is 1.98. The molecule has 104 valence electrons. The standard InChI is InChI=1S/C13H25N3O2/c1-5-8-15-13(18)12(14-3)10-16(4)9-7-11(17)6-2/h5,8,11,17H,6-7,9-10H2,1-4H3,(H,15,18)/b8-5-,14-12?. The average Bonchev–Trinajstić information content (AvgIpc) is 2.39. The van der Waals surface area contributed by atoms with E-state index in [2.05, 4.69) is 10.3 Å². The largest absolute Gasteiger partial charge is 0.393 e. The quantitative estimate of drug-likeness (QED) is 0.631. The molecule has 0 spiro atoms. The molecule has 5 nitrogen and oxygen atoms in total. The number of aliphatic imine (C=N–C) groups is 1. The number of amides is 1. The minimum Gasteiger partial charge on any atom is -0.393 e. The Bertz CT molecular complexity index is 301. The Morgan fingerprint density at radius 2 is 2.22 bits per heavy atom. The smallest absolute Gasteiger partial charge is 0.270 e. The lowest BCUT2D eigenvalue weighted by molar-refractivity contribution is -0.114. The van der Waals surface area contributed by atoms with E-state index in [0.29, 0.717) is 18.7 Å². The fourth-order valence-electron chi connectivity index (χ4n) is 1.39. The van der Waals surface area contributed by atoms with E-state index in [1.807, 2.05) is 25.8 Å². The maximum atomic E-state index is 11.7. The first-order valence-corrected chi connectivity index (χ1v) is 6.29. The lowest BCUT2D eigenvalue weighted by Crippen LogP contribution is -2.37. The summed E-state index contributed by atoms with van der Waals surface area (Å²) in [6.45, 7) is 5.01. The lowest BCUT2D eigenvalue weighted by atomic mass is 10.2. The van der Waals surface area contributed by atoms with Gasteiger partial charge in [-0.1, -0.05) is 13.0 Å². The molecule has 0 aromatic carbocycles. The van der Waals surface area contributed by atoms with Crippen molar-refractivity contribution in [3.8, 4) is 0 Å². The number of aliphatic hydroxyl groups is 1. The molecular weight excluding hydrogens is 230 g/mol. The molecule has 0 aromatic heterocycles. The molecule has 0 saturated heterocycles. The third-order valence-corrected chi connectivity index (χ3v) is 2.65. The summed E-state index contributed by atoms with van der Waals surface area (Å²) >= 11 is 0. The van der Waals surface area contributed by atoms with Gasteiger partial charge in [-0.15, -0.1) is 0 Å². The van der Waals surface area contributed by atoms with Gasteiger partial charge in [-0.05, 0) is 33.0 Å². The van der Waals surface area contributed by atoms with Crippen LogP contribution in [0, 0.1) is 0 Å². The average molecular weight is 255 g/mol. The van der Waals surface area contributed by atoms with Crippen LogP contribution in [0.4, 0.5) is 0 Å². The van der Waals surface area contributed by atoms with E-state index in [-0.39, 0.29) is 12.0 Å². The molecule has 0 heterocycles. The molecule has 0 rings (SSSR count). The molecule has 2 N–H and O–H groups in total. The first-order chi connectivity index (χ1) is 8.54. The van der Waals surface area contributed by atoms with Gasteiger partial charge in [0, 0.05) is 20.1 Å². The van der Waals surface area contributed by atoms with E-state index in [1.54, 1.807) is 19.3 Å². The molecule has 0 aliphatic heterocycles. The van der Waals surface area contributed by atoms with E-state index in [1.165, 1.54) is 0 Å². The van der Waals surface area contributed by atoms with E-state index in [4.69, 9.17) is 0 Å². The Balaban J connectivity index is 4.16. The van der Waals surface area contributed by atoms with Gasteiger partial charge in [0.25, 0.3) is 5.91 Å². The van der Waals surface area contributed by atoms with Crippen molar-refractivity contribution in [3.05, 3.63) is 12.3 Å². The number of hydrogen-bond donors (Lipinski definition) is 2. The summed E-state index contributed by atoms with van der Waals surface area (Å²) < 4.78 is 0. The summed E-state index contributed by atoms with van der Waals surface area (Å²) in [5, 5.41) is 12.1. The van der Waals surface area contributed by atoms with Gasteiger partial charge in [0.05, 0.1) is 6.10 Å². The predicted molar refractivity (Wildman–Crippen MR) is 74.7 cm³/mol. The van der Waals surface area contributed by atoms with Crippen LogP contribution in [-0.4, -0.2) is 54.9 Å². The Hall–Kier alpha value is -1.20. The van der Waals surface area contributed by atoms with Gasteiger partial charge in [-0.2, -0.15) is 0 Å². The summed E-state index contributed by atoms with van der Waals surface area (Å²) in [5.74, 6) is -0.182. The monoisotopic (exact) mass is 255 g/mol. The van der Waals surface area contributed by atoms with Crippen LogP contribution in [0.5, 0.6) is 0 Å². The Labute approximate surface area is 110 Å². The van der Waals surface area contributed by atoms with Crippen LogP contribution in [0.25, 0.3) is 0 Å². The Kier molecular flexibility index (Phi) is 9.14. The Morgan fingerprint density at radius 1 is 1.56 bits per heavy atom. The van der Waals surface area contributed by atoms with Crippen molar-refractivity contribution in [1.82, 2.24) is 10.2 Å². The molecule has 5 heteroatoms. The molecule has 1 amide bonds. The molecule has 0 aliphatic rings. The molecule has 1 atom stereocenters. The number of carbonyl (C=O) groups is 1. The Morgan fingerprint density at radius 3 is 2.72 bits per heavy atom. The summed E-state index contributed by atoms with van der Waals surface area (Å²) in [4.78, 5) is 17.7. The highest BCUT2D eigenvalue weighted by Gasteiger charge is 2.12. The van der Waals surface area contributed by atoms with Crippen LogP contribution in [0.2, 0.25) is 0 Å². The van der Waals surface area contributed by atoms with Crippen LogP contribution in [0.15, 0.2) is 17.3 Å². The van der Waals surface area contributed by atoms with Gasteiger partial charge in [-0.3, -0.25) is 9.79 Å². The molecule has 0 fully saturated rings. The molecule has 1 unspecified atom stereocenters. The maximum absolute atomic E-state index is 11.7. The predicted octanol–water partition coefficient (Wildman–Crippen LogP) is 0.800. The van der Waals surface area contributed by atoms with Gasteiger partial charge in [0.1, 0.15) is 5.71 Å². The number of rotatable bonds is 8. The SMILES string of the molecule is C/C=C\NC(=O)C(CN(C)CCC(O)CC)=NC. The summed E-state index contributed by atoms with van der Waals surface area (Å²) in [7, 11) is 3.52. The van der Waals surface area contributed by atoms with Crippen molar-refractivity contribution in [1.29, 1.82) is 0 Å². The van der Waals surface area contributed by atoms with Crippen molar-refractivity contribution in [3.63, 3.8) is 0 Å². The second kappa shape index (κ2) is 9.79. The minimum absolute atomic E-state index is 0.182. The third kappa shape index (κ3) is 7.19. The second-order valence-electron chi connectivity index (χ2n) is 4.23. The number of allylic oxidation sites excluding steroid dienone is 1. The van der Waals surface area contributed by atoms with Gasteiger partial charge in [-0.25, -0.2) is 0 Å². The van der Waals surface area contributed by atoms with Gasteiger partial charge in [0.15, 0.2) is 0 Å². The van der Waals surface area contributed by atoms with Crippen molar-refractivity contribution in [2.45, 2.75) is 32.8 Å². The van der Waals surface area contributed by atoms with Crippen LogP contribution >= 0.6 is 0 Å². The van der Waals surface area contributed by atoms with Crippen molar-refractivity contribution >= 4 is 11.6 Å². The molecular formula is C13H25N3O2. The van der Waals surface area contributed by atoms with Crippen molar-refractivity contribution < 1.29 is 9.90 Å². The van der Waals surface area contributed by atoms with E-state index in [9.17, 15) is 9.90 Å². The number of nitrogens with one attached hydrogen (secondary N) is 1. The minimum atomic E-state index is -0.272. The topological polar surface area (TPSA) is 64.9 Å². The zero-order valence-electron chi connectivity index (χ0n) is 11.8. The number of nitrogens with zero attached hydrogens (tertiary/aromatic N) is 2. The molecule has 0 aliphatic carbocycles. The summed E-state index contributed by atoms with van der Waals surface area (Å²) in [5.41, 5.74) is 0.488. The lowest BCUT2D eigenvalue weighted by Gasteiger charge is -2.18. The molecule has 0 aromatic rings. The van der Waals surface area contributed by atoms with Gasteiger partial charge >= 0.3 is 0 Å². The summed E-state index contributed by atoms with van der Waals surface area (Å²) in [6, 6.07) is 0. The normalized spacial score (nSPS) is 14.2. The fourth-order valence-corrected chi connectivity index (χ4v) is 1.39. The maximum Gasteiger partial charge on any atom is 0.270 e. The van der Waals surface area contributed by atoms with E-state index < -0.39 is 0 Å². The first-order valence-electron chi connectivity index (χ1n) is 6.29. The number of hydrogen-bond acceptors (Lipinski definition) is 4. The molecule has 0 radical (unpaired) electrons. The third-order valence-electron chi connectivity index (χ3n) is 2.65. The van der Waals surface area contributed by atoms with Crippen LogP contribution < -0.4 is 5.32 Å². The number of carbonyl (C=O) groups excluding carboxylic acids is 1. The zero-order valence-corrected chi connectivity index (χ0v) is 11.8. The van der Waals surface area contributed by atoms with Gasteiger partial charge in [0.2, 0.25) is 0 Å². The highest BCUT2D eigenvalue weighted by atomic mass is 16.3. The van der Waals surface area contributed by atoms with E-state index in [0.717, 1.165) is 13.0 Å². The summed E-state index contributed by atoms with van der Waals surface area (Å²) in [6.07, 6.45) is 4.54. The van der Waals surface area contributed by atoms with Crippen LogP contribution in [0.1, 0.15) is 26.7 Å².